The van der Waals surface area contributed by atoms with E-state index in [1.165, 1.54) is 47.2 Å². The van der Waals surface area contributed by atoms with Gasteiger partial charge in [-0.15, -0.1) is 23.1 Å². The monoisotopic (exact) mass is 979 g/mol. The number of amides is 2. The van der Waals surface area contributed by atoms with Crippen LogP contribution in [0.4, 0.5) is 5.13 Å². The molecule has 354 valence electrons. The second-order valence-corrected chi connectivity index (χ2v) is 18.6. The molecule has 4 N–H and O–H groups in total. The molecule has 0 spiro atoms. The molecule has 10 rings (SSSR count). The third-order valence-electron chi connectivity index (χ3n) is 12.3. The number of aromatic hydroxyl groups is 2. The summed E-state index contributed by atoms with van der Waals surface area (Å²) in [6.07, 6.45) is 4.37. The number of fused-ring (bicyclic) bond motifs is 2. The van der Waals surface area contributed by atoms with Crippen LogP contribution in [0.25, 0.3) is 11.0 Å². The zero-order valence-corrected chi connectivity index (χ0v) is 39.7. The van der Waals surface area contributed by atoms with E-state index < -0.39 is 40.8 Å². The van der Waals surface area contributed by atoms with Crippen LogP contribution in [0.2, 0.25) is 0 Å². The molecule has 2 aliphatic rings. The maximum atomic E-state index is 14.7. The normalized spacial score (nSPS) is 15.9. The van der Waals surface area contributed by atoms with Gasteiger partial charge in [0.1, 0.15) is 35.5 Å². The molecule has 6 aromatic carbocycles. The van der Waals surface area contributed by atoms with E-state index in [9.17, 15) is 24.6 Å². The minimum absolute atomic E-state index is 0.0511. The molecule has 0 aliphatic carbocycles. The summed E-state index contributed by atoms with van der Waals surface area (Å²) in [6, 6.07) is 50.7. The minimum atomic E-state index is -1.04. The Balaban J connectivity index is 0.931. The number of β-lactam (4-membered cyclic amide) rings is 1. The Morgan fingerprint density at radius 1 is 0.831 bits per heavy atom. The number of carbonyl (C=O) groups is 3. The van der Waals surface area contributed by atoms with E-state index >= 15 is 0 Å². The number of nitrogens with one attached hydrogen (secondary N) is 2. The Morgan fingerprint density at radius 2 is 1.39 bits per heavy atom. The van der Waals surface area contributed by atoms with Gasteiger partial charge in [-0.2, -0.15) is 0 Å². The molecule has 16 heteroatoms. The summed E-state index contributed by atoms with van der Waals surface area (Å²) >= 11 is 2.68. The van der Waals surface area contributed by atoms with Gasteiger partial charge < -0.3 is 35.0 Å². The number of carbonyl (C=O) groups excluding carboxylic acids is 3. The number of thiazole rings is 1. The summed E-state index contributed by atoms with van der Waals surface area (Å²) in [5, 5.41) is 32.4. The van der Waals surface area contributed by atoms with E-state index in [1.807, 2.05) is 121 Å². The first-order chi connectivity index (χ1) is 34.7. The van der Waals surface area contributed by atoms with Gasteiger partial charge in [0, 0.05) is 29.8 Å². The summed E-state index contributed by atoms with van der Waals surface area (Å²) in [4.78, 5) is 59.3. The van der Waals surface area contributed by atoms with Gasteiger partial charge in [-0.05, 0) is 33.4 Å². The molecule has 2 aromatic heterocycles. The summed E-state index contributed by atoms with van der Waals surface area (Å²) in [6.45, 7) is 0.283. The number of hydrogen-bond acceptors (Lipinski definition) is 13. The second-order valence-electron chi connectivity index (χ2n) is 16.6. The number of ether oxygens (including phenoxy) is 1. The largest absolute Gasteiger partial charge is 0.504 e. The summed E-state index contributed by atoms with van der Waals surface area (Å²) in [7, 11) is 1.33. The highest BCUT2D eigenvalue weighted by atomic mass is 32.2. The van der Waals surface area contributed by atoms with Gasteiger partial charge >= 0.3 is 5.97 Å². The SMILES string of the molecule is CON=C(C(=O)NC1C(=O)N2C(C(=O)OC(c3ccccc3)c3ccccc3)=C(C=CCn3cnc4cc(O)c(O)cc43)CS[C@@H]12)c1csc(NC(c2ccccc2)(c2ccccc2)c2ccccc2)n1. The molecule has 71 heavy (non-hydrogen) atoms. The second kappa shape index (κ2) is 20.2. The van der Waals surface area contributed by atoms with Crippen LogP contribution in [0.5, 0.6) is 11.5 Å². The highest BCUT2D eigenvalue weighted by Gasteiger charge is 2.55. The number of phenols is 2. The number of anilines is 1. The van der Waals surface area contributed by atoms with E-state index in [1.54, 1.807) is 22.4 Å². The molecule has 4 heterocycles. The number of nitrogens with zero attached hydrogens (tertiary/aromatic N) is 5. The van der Waals surface area contributed by atoms with Crippen LogP contribution in [-0.2, 0) is 36.0 Å². The quantitative estimate of drug-likeness (QED) is 0.0181. The van der Waals surface area contributed by atoms with Crippen molar-refractivity contribution in [1.82, 2.24) is 24.8 Å². The average Bonchev–Trinajstić information content (AvgIpc) is 4.05. The number of phenolic OH excluding ortho intramolecular Hbond substituents is 2. The van der Waals surface area contributed by atoms with Crippen molar-refractivity contribution in [3.8, 4) is 11.5 Å². The van der Waals surface area contributed by atoms with Crippen LogP contribution in [-0.4, -0.2) is 77.4 Å². The van der Waals surface area contributed by atoms with Crippen LogP contribution >= 0.6 is 23.1 Å². The molecule has 14 nitrogen and oxygen atoms in total. The lowest BCUT2D eigenvalue weighted by atomic mass is 9.77. The first-order valence-electron chi connectivity index (χ1n) is 22.6. The lowest BCUT2D eigenvalue weighted by Crippen LogP contribution is -2.71. The van der Waals surface area contributed by atoms with Gasteiger partial charge in [0.05, 0.1) is 17.4 Å². The maximum Gasteiger partial charge on any atom is 0.356 e. The molecule has 1 unspecified atom stereocenters. The smallest absolute Gasteiger partial charge is 0.356 e. The predicted molar refractivity (Wildman–Crippen MR) is 274 cm³/mol. The molecular weight excluding hydrogens is 935 g/mol. The Labute approximate surface area is 416 Å². The third kappa shape index (κ3) is 9.13. The molecule has 0 radical (unpaired) electrons. The first kappa shape index (κ1) is 46.3. The van der Waals surface area contributed by atoms with Crippen molar-refractivity contribution in [2.75, 3.05) is 18.2 Å². The minimum Gasteiger partial charge on any atom is -0.504 e. The third-order valence-corrected chi connectivity index (χ3v) is 14.4. The predicted octanol–water partition coefficient (Wildman–Crippen LogP) is 8.90. The van der Waals surface area contributed by atoms with E-state index in [0.29, 0.717) is 21.7 Å². The number of oxime groups is 1. The van der Waals surface area contributed by atoms with E-state index in [-0.39, 0.29) is 40.9 Å². The molecule has 2 aliphatic heterocycles. The fourth-order valence-electron chi connectivity index (χ4n) is 8.93. The molecule has 2 amide bonds. The summed E-state index contributed by atoms with van der Waals surface area (Å²) < 4.78 is 8.13. The molecular formula is C55H45N7O7S2. The Kier molecular flexibility index (Phi) is 13.2. The fraction of sp³-hybridized carbons (Fsp3) is 0.127. The number of thioether (sulfide) groups is 1. The van der Waals surface area contributed by atoms with Crippen LogP contribution in [0.1, 0.15) is 39.6 Å². The lowest BCUT2D eigenvalue weighted by Gasteiger charge is -2.49. The fourth-order valence-corrected chi connectivity index (χ4v) is 11.0. The molecule has 8 aromatic rings. The number of hydrogen-bond donors (Lipinski definition) is 4. The van der Waals surface area contributed by atoms with Gasteiger partial charge in [-0.1, -0.05) is 169 Å². The Hall–Kier alpha value is -8.47. The molecule has 2 atom stereocenters. The zero-order chi connectivity index (χ0) is 48.9. The number of aromatic nitrogens is 3. The van der Waals surface area contributed by atoms with E-state index in [2.05, 4.69) is 57.2 Å². The molecule has 1 fully saturated rings. The molecule has 1 saturated heterocycles. The van der Waals surface area contributed by atoms with Crippen molar-refractivity contribution in [2.24, 2.45) is 5.16 Å². The maximum absolute atomic E-state index is 14.7. The number of imidazole rings is 1. The topological polar surface area (TPSA) is 180 Å². The van der Waals surface area contributed by atoms with Crippen LogP contribution in [0.3, 0.4) is 0 Å². The van der Waals surface area contributed by atoms with Crippen molar-refractivity contribution in [3.05, 3.63) is 232 Å². The van der Waals surface area contributed by atoms with Gasteiger partial charge in [-0.3, -0.25) is 14.5 Å². The van der Waals surface area contributed by atoms with Gasteiger partial charge in [0.25, 0.3) is 11.8 Å². The number of esters is 1. The van der Waals surface area contributed by atoms with E-state index in [4.69, 9.17) is 14.6 Å². The van der Waals surface area contributed by atoms with Crippen molar-refractivity contribution in [3.63, 3.8) is 0 Å². The van der Waals surface area contributed by atoms with Crippen molar-refractivity contribution in [2.45, 2.75) is 29.6 Å². The van der Waals surface area contributed by atoms with Crippen molar-refractivity contribution < 1.29 is 34.2 Å². The standard InChI is InChI=1S/C55H45N7O7S2/c1-68-60-46(42-33-71-54(57-42)59-55(38-23-11-4-12-24-38,39-25-13-5-14-26-39)40-27-15-6-16-28-40)50(65)58-47-51(66)62-48(53(67)69-49(35-18-7-2-8-19-35)36-20-9-3-10-21-36)37(32-70-52(47)62)22-17-29-61-34-56-41-30-44(63)45(64)31-43(41)61/h2-28,30-31,33-34,47,49,52,63-64H,29,32H2,1H3,(H,57,59)(H,58,65)/t47?,52-/m0/s1. The number of allylic oxidation sites excluding steroid dienone is 2. The molecule has 0 bridgehead atoms. The van der Waals surface area contributed by atoms with Gasteiger partial charge in [0.15, 0.2) is 28.4 Å². The van der Waals surface area contributed by atoms with Crippen molar-refractivity contribution >= 4 is 62.8 Å². The Morgan fingerprint density at radius 3 is 1.97 bits per heavy atom. The van der Waals surface area contributed by atoms with Crippen LogP contribution < -0.4 is 10.6 Å². The van der Waals surface area contributed by atoms with Crippen molar-refractivity contribution in [1.29, 1.82) is 0 Å². The zero-order valence-electron chi connectivity index (χ0n) is 38.0. The van der Waals surface area contributed by atoms with Gasteiger partial charge in [0.2, 0.25) is 0 Å². The lowest BCUT2D eigenvalue weighted by molar-refractivity contribution is -0.154. The molecule has 0 saturated carbocycles. The van der Waals surface area contributed by atoms with Crippen LogP contribution in [0, 0.1) is 0 Å². The van der Waals surface area contributed by atoms with E-state index in [0.717, 1.165) is 27.8 Å². The Bertz CT molecular complexity index is 3180. The van der Waals surface area contributed by atoms with Gasteiger partial charge in [-0.25, -0.2) is 14.8 Å². The number of benzene rings is 6. The summed E-state index contributed by atoms with van der Waals surface area (Å²) in [5.74, 6) is -2.21. The highest BCUT2D eigenvalue weighted by Crippen LogP contribution is 2.43. The average molecular weight is 980 g/mol. The summed E-state index contributed by atoms with van der Waals surface area (Å²) in [5.41, 5.74) is 5.24. The number of rotatable bonds is 16. The highest BCUT2D eigenvalue weighted by molar-refractivity contribution is 8.00. The van der Waals surface area contributed by atoms with Crippen LogP contribution in [0.15, 0.2) is 204 Å². The first-order valence-corrected chi connectivity index (χ1v) is 24.5.